The lowest BCUT2D eigenvalue weighted by Gasteiger charge is -2.06. The topological polar surface area (TPSA) is 86.9 Å². The summed E-state index contributed by atoms with van der Waals surface area (Å²) >= 11 is 0. The van der Waals surface area contributed by atoms with Gasteiger partial charge in [0.15, 0.2) is 0 Å². The highest BCUT2D eigenvalue weighted by molar-refractivity contribution is 7.89. The van der Waals surface area contributed by atoms with Gasteiger partial charge < -0.3 is 5.32 Å². The molecule has 1 rings (SSSR count). The number of nitrogens with one attached hydrogen (secondary N) is 3. The molecule has 0 aliphatic heterocycles. The molecule has 0 bridgehead atoms. The van der Waals surface area contributed by atoms with E-state index in [0.717, 1.165) is 37.2 Å². The molecule has 0 aliphatic rings. The predicted octanol–water partition coefficient (Wildman–Crippen LogP) is 0.570. The summed E-state index contributed by atoms with van der Waals surface area (Å²) in [5, 5.41) is 9.92. The van der Waals surface area contributed by atoms with E-state index in [2.05, 4.69) is 20.2 Å². The Balaban J connectivity index is 2.15. The summed E-state index contributed by atoms with van der Waals surface area (Å²) in [6.07, 6.45) is 4.05. The average molecular weight is 288 g/mol. The summed E-state index contributed by atoms with van der Waals surface area (Å²) in [6.45, 7) is 6.06. The maximum Gasteiger partial charge on any atom is 0.211 e. The fraction of sp³-hybridized carbons (Fsp3) is 0.750. The highest BCUT2D eigenvalue weighted by atomic mass is 32.2. The fourth-order valence-electron chi connectivity index (χ4n) is 1.77. The van der Waals surface area contributed by atoms with Gasteiger partial charge in [-0.25, -0.2) is 13.1 Å². The van der Waals surface area contributed by atoms with Crippen LogP contribution >= 0.6 is 0 Å². The third-order valence-electron chi connectivity index (χ3n) is 2.90. The molecule has 6 nitrogen and oxygen atoms in total. The molecule has 1 heterocycles. The van der Waals surface area contributed by atoms with E-state index in [4.69, 9.17) is 0 Å². The first-order chi connectivity index (χ1) is 9.05. The van der Waals surface area contributed by atoms with Gasteiger partial charge in [-0.15, -0.1) is 0 Å². The van der Waals surface area contributed by atoms with Gasteiger partial charge in [0.25, 0.3) is 0 Å². The second-order valence-corrected chi connectivity index (χ2v) is 6.47. The van der Waals surface area contributed by atoms with Crippen molar-refractivity contribution in [2.24, 2.45) is 0 Å². The van der Waals surface area contributed by atoms with Gasteiger partial charge in [0.05, 0.1) is 11.9 Å². The van der Waals surface area contributed by atoms with Crippen LogP contribution in [-0.2, 0) is 16.4 Å². The van der Waals surface area contributed by atoms with Crippen molar-refractivity contribution in [1.82, 2.24) is 20.2 Å². The Morgan fingerprint density at radius 2 is 2.11 bits per heavy atom. The Morgan fingerprint density at radius 3 is 2.74 bits per heavy atom. The molecule has 0 unspecified atom stereocenters. The van der Waals surface area contributed by atoms with Gasteiger partial charge >= 0.3 is 0 Å². The molecular formula is C12H24N4O2S. The molecule has 19 heavy (non-hydrogen) atoms. The molecular weight excluding hydrogens is 264 g/mol. The van der Waals surface area contributed by atoms with Gasteiger partial charge in [-0.1, -0.05) is 6.92 Å². The van der Waals surface area contributed by atoms with Crippen LogP contribution in [0.4, 0.5) is 0 Å². The largest absolute Gasteiger partial charge is 0.317 e. The second kappa shape index (κ2) is 8.29. The van der Waals surface area contributed by atoms with Crippen molar-refractivity contribution < 1.29 is 8.42 Å². The van der Waals surface area contributed by atoms with E-state index in [1.54, 1.807) is 6.20 Å². The number of hydrogen-bond acceptors (Lipinski definition) is 4. The second-order valence-electron chi connectivity index (χ2n) is 4.54. The molecule has 0 atom stereocenters. The minimum Gasteiger partial charge on any atom is -0.317 e. The van der Waals surface area contributed by atoms with E-state index >= 15 is 0 Å². The normalized spacial score (nSPS) is 11.9. The first kappa shape index (κ1) is 16.1. The molecule has 0 radical (unpaired) electrons. The average Bonchev–Trinajstić information content (AvgIpc) is 2.76. The Labute approximate surface area is 115 Å². The highest BCUT2D eigenvalue weighted by Crippen LogP contribution is 2.05. The minimum absolute atomic E-state index is 0.185. The van der Waals surface area contributed by atoms with Gasteiger partial charge in [0.2, 0.25) is 10.0 Å². The lowest BCUT2D eigenvalue weighted by atomic mass is 10.1. The number of sulfonamides is 1. The van der Waals surface area contributed by atoms with E-state index in [0.29, 0.717) is 13.0 Å². The summed E-state index contributed by atoms with van der Waals surface area (Å²) in [6, 6.07) is 0. The van der Waals surface area contributed by atoms with Crippen molar-refractivity contribution in [3.8, 4) is 0 Å². The summed E-state index contributed by atoms with van der Waals surface area (Å²) in [4.78, 5) is 0. The van der Waals surface area contributed by atoms with Crippen LogP contribution < -0.4 is 10.0 Å². The van der Waals surface area contributed by atoms with E-state index in [1.807, 2.05) is 13.8 Å². The van der Waals surface area contributed by atoms with E-state index in [9.17, 15) is 8.42 Å². The molecule has 1 aromatic heterocycles. The number of aromatic amines is 1. The van der Waals surface area contributed by atoms with Crippen LogP contribution in [0.2, 0.25) is 0 Å². The zero-order valence-electron chi connectivity index (χ0n) is 11.7. The minimum atomic E-state index is -3.13. The van der Waals surface area contributed by atoms with Crippen molar-refractivity contribution >= 4 is 10.0 Å². The summed E-state index contributed by atoms with van der Waals surface area (Å²) in [5.41, 5.74) is 2.19. The predicted molar refractivity (Wildman–Crippen MR) is 76.6 cm³/mol. The zero-order valence-corrected chi connectivity index (χ0v) is 12.5. The molecule has 0 saturated heterocycles. The molecule has 110 valence electrons. The van der Waals surface area contributed by atoms with Crippen molar-refractivity contribution in [3.05, 3.63) is 17.5 Å². The first-order valence-corrected chi connectivity index (χ1v) is 8.37. The molecule has 0 amide bonds. The number of H-pyrrole nitrogens is 1. The van der Waals surface area contributed by atoms with E-state index in [1.165, 1.54) is 0 Å². The first-order valence-electron chi connectivity index (χ1n) is 6.72. The Kier molecular flexibility index (Phi) is 7.04. The van der Waals surface area contributed by atoms with Gasteiger partial charge in [0.1, 0.15) is 0 Å². The third-order valence-corrected chi connectivity index (χ3v) is 4.37. The van der Waals surface area contributed by atoms with E-state index < -0.39 is 10.0 Å². The Morgan fingerprint density at radius 1 is 1.32 bits per heavy atom. The number of hydrogen-bond donors (Lipinski definition) is 3. The zero-order chi connectivity index (χ0) is 14.1. The summed E-state index contributed by atoms with van der Waals surface area (Å²) in [5.74, 6) is 0.185. The SMILES string of the molecule is CCNCCCS(=O)(=O)NCCCc1cn[nH]c1C. The van der Waals surface area contributed by atoms with Gasteiger partial charge in [-0.3, -0.25) is 5.10 Å². The monoisotopic (exact) mass is 288 g/mol. The van der Waals surface area contributed by atoms with Crippen LogP contribution in [0, 0.1) is 6.92 Å². The third kappa shape index (κ3) is 6.70. The van der Waals surface area contributed by atoms with Gasteiger partial charge in [0, 0.05) is 12.2 Å². The van der Waals surface area contributed by atoms with Crippen molar-refractivity contribution in [3.63, 3.8) is 0 Å². The van der Waals surface area contributed by atoms with Crippen molar-refractivity contribution in [2.45, 2.75) is 33.1 Å². The van der Waals surface area contributed by atoms with Crippen molar-refractivity contribution in [1.29, 1.82) is 0 Å². The molecule has 0 aliphatic carbocycles. The van der Waals surface area contributed by atoms with Crippen LogP contribution in [-0.4, -0.2) is 44.0 Å². The lowest BCUT2D eigenvalue weighted by molar-refractivity contribution is 0.573. The number of nitrogens with zero attached hydrogens (tertiary/aromatic N) is 1. The van der Waals surface area contributed by atoms with E-state index in [-0.39, 0.29) is 5.75 Å². The van der Waals surface area contributed by atoms with Crippen LogP contribution in [0.15, 0.2) is 6.20 Å². The molecule has 0 aromatic carbocycles. The van der Waals surface area contributed by atoms with Crippen LogP contribution in [0.1, 0.15) is 31.0 Å². The van der Waals surface area contributed by atoms with Crippen LogP contribution in [0.3, 0.4) is 0 Å². The maximum atomic E-state index is 11.7. The highest BCUT2D eigenvalue weighted by Gasteiger charge is 2.09. The van der Waals surface area contributed by atoms with Crippen molar-refractivity contribution in [2.75, 3.05) is 25.4 Å². The molecule has 3 N–H and O–H groups in total. The standard InChI is InChI=1S/C12H24N4O2S/c1-3-13-7-5-9-19(17,18)15-8-4-6-12-10-14-16-11(12)2/h10,13,15H,3-9H2,1-2H3,(H,14,16). The van der Waals surface area contributed by atoms with Crippen LogP contribution in [0.5, 0.6) is 0 Å². The van der Waals surface area contributed by atoms with Gasteiger partial charge in [-0.05, 0) is 44.8 Å². The molecule has 1 aromatic rings. The molecule has 0 fully saturated rings. The Hall–Kier alpha value is -0.920. The lowest BCUT2D eigenvalue weighted by Crippen LogP contribution is -2.29. The van der Waals surface area contributed by atoms with Crippen LogP contribution in [0.25, 0.3) is 0 Å². The molecule has 0 spiro atoms. The molecule has 0 saturated carbocycles. The van der Waals surface area contributed by atoms with Gasteiger partial charge in [-0.2, -0.15) is 5.10 Å². The maximum absolute atomic E-state index is 11.7. The molecule has 7 heteroatoms. The smallest absolute Gasteiger partial charge is 0.211 e. The Bertz CT molecular complexity index is 456. The number of rotatable bonds is 10. The quantitative estimate of drug-likeness (QED) is 0.549. The summed E-state index contributed by atoms with van der Waals surface area (Å²) < 4.78 is 26.0. The fourth-order valence-corrected chi connectivity index (χ4v) is 2.89. The number of aryl methyl sites for hydroxylation is 2. The summed E-state index contributed by atoms with van der Waals surface area (Å²) in [7, 11) is -3.13. The number of aromatic nitrogens is 2.